The maximum atomic E-state index is 9.88. The van der Waals surface area contributed by atoms with Crippen LogP contribution in [0.1, 0.15) is 39.7 Å². The van der Waals surface area contributed by atoms with E-state index in [4.69, 9.17) is 4.74 Å². The zero-order chi connectivity index (χ0) is 14.3. The molecule has 19 heavy (non-hydrogen) atoms. The van der Waals surface area contributed by atoms with Crippen molar-refractivity contribution in [2.75, 3.05) is 6.54 Å². The lowest BCUT2D eigenvalue weighted by Gasteiger charge is -2.18. The first-order valence-electron chi connectivity index (χ1n) is 7.17. The van der Waals surface area contributed by atoms with Crippen LogP contribution in [0.5, 0.6) is 5.75 Å². The van der Waals surface area contributed by atoms with Gasteiger partial charge in [0.05, 0.1) is 12.2 Å². The number of hydrogen-bond donors (Lipinski definition) is 2. The van der Waals surface area contributed by atoms with Gasteiger partial charge in [-0.15, -0.1) is 0 Å². The minimum absolute atomic E-state index is 0.190. The van der Waals surface area contributed by atoms with Gasteiger partial charge in [-0.1, -0.05) is 32.4 Å². The second-order valence-corrected chi connectivity index (χ2v) is 5.40. The highest BCUT2D eigenvalue weighted by atomic mass is 16.5. The minimum atomic E-state index is -0.278. The van der Waals surface area contributed by atoms with Crippen molar-refractivity contribution in [2.24, 2.45) is 5.92 Å². The zero-order valence-electron chi connectivity index (χ0n) is 12.5. The fourth-order valence-corrected chi connectivity index (χ4v) is 1.84. The van der Waals surface area contributed by atoms with E-state index in [1.807, 2.05) is 32.0 Å². The number of aliphatic hydroxyl groups excluding tert-OH is 1. The Morgan fingerprint density at radius 3 is 2.63 bits per heavy atom. The van der Waals surface area contributed by atoms with Crippen molar-refractivity contribution in [3.05, 3.63) is 29.8 Å². The maximum Gasteiger partial charge on any atom is 0.120 e. The molecular weight excluding hydrogens is 238 g/mol. The van der Waals surface area contributed by atoms with Crippen molar-refractivity contribution < 1.29 is 9.84 Å². The van der Waals surface area contributed by atoms with Crippen LogP contribution >= 0.6 is 0 Å². The second kappa shape index (κ2) is 8.18. The molecule has 0 bridgehead atoms. The Bertz CT molecular complexity index is 366. The summed E-state index contributed by atoms with van der Waals surface area (Å²) in [6.45, 7) is 9.60. The standard InChI is InChI=1S/C16H27NO2/c1-5-13(4)16(18)11-17-10-14-7-6-8-15(9-14)19-12(2)3/h6-9,12-13,16-18H,5,10-11H2,1-4H3. The Morgan fingerprint density at radius 2 is 2.00 bits per heavy atom. The van der Waals surface area contributed by atoms with Crippen molar-refractivity contribution >= 4 is 0 Å². The average molecular weight is 265 g/mol. The van der Waals surface area contributed by atoms with Gasteiger partial charge in [-0.3, -0.25) is 0 Å². The zero-order valence-corrected chi connectivity index (χ0v) is 12.5. The van der Waals surface area contributed by atoms with Crippen LogP contribution in [0.15, 0.2) is 24.3 Å². The van der Waals surface area contributed by atoms with Gasteiger partial charge in [0.2, 0.25) is 0 Å². The lowest BCUT2D eigenvalue weighted by Crippen LogP contribution is -2.31. The molecule has 0 aliphatic carbocycles. The fourth-order valence-electron chi connectivity index (χ4n) is 1.84. The molecule has 2 atom stereocenters. The number of rotatable bonds is 8. The number of hydrogen-bond acceptors (Lipinski definition) is 3. The monoisotopic (exact) mass is 265 g/mol. The van der Waals surface area contributed by atoms with Crippen LogP contribution < -0.4 is 10.1 Å². The predicted molar refractivity (Wildman–Crippen MR) is 79.4 cm³/mol. The van der Waals surface area contributed by atoms with Crippen LogP contribution in [0, 0.1) is 5.92 Å². The summed E-state index contributed by atoms with van der Waals surface area (Å²) in [5, 5.41) is 13.2. The molecular formula is C16H27NO2. The Balaban J connectivity index is 2.41. The van der Waals surface area contributed by atoms with Crippen molar-refractivity contribution in [2.45, 2.75) is 52.9 Å². The molecule has 0 aliphatic heterocycles. The number of ether oxygens (including phenoxy) is 1. The topological polar surface area (TPSA) is 41.5 Å². The molecule has 1 rings (SSSR count). The molecule has 108 valence electrons. The van der Waals surface area contributed by atoms with Crippen LogP contribution in [-0.2, 0) is 6.54 Å². The van der Waals surface area contributed by atoms with E-state index in [0.717, 1.165) is 18.7 Å². The van der Waals surface area contributed by atoms with Gasteiger partial charge < -0.3 is 15.2 Å². The highest BCUT2D eigenvalue weighted by molar-refractivity contribution is 5.28. The van der Waals surface area contributed by atoms with E-state index in [1.165, 1.54) is 5.56 Å². The summed E-state index contributed by atoms with van der Waals surface area (Å²) >= 11 is 0. The van der Waals surface area contributed by atoms with Gasteiger partial charge in [0, 0.05) is 13.1 Å². The minimum Gasteiger partial charge on any atom is -0.491 e. The van der Waals surface area contributed by atoms with E-state index in [-0.39, 0.29) is 12.2 Å². The SMILES string of the molecule is CCC(C)C(O)CNCc1cccc(OC(C)C)c1. The van der Waals surface area contributed by atoms with Gasteiger partial charge in [-0.25, -0.2) is 0 Å². The molecule has 3 nitrogen and oxygen atoms in total. The molecule has 0 aromatic heterocycles. The highest BCUT2D eigenvalue weighted by Gasteiger charge is 2.11. The fraction of sp³-hybridized carbons (Fsp3) is 0.625. The van der Waals surface area contributed by atoms with E-state index in [9.17, 15) is 5.11 Å². The van der Waals surface area contributed by atoms with Crippen molar-refractivity contribution in [3.8, 4) is 5.75 Å². The van der Waals surface area contributed by atoms with Crippen molar-refractivity contribution in [1.82, 2.24) is 5.32 Å². The molecule has 0 saturated carbocycles. The second-order valence-electron chi connectivity index (χ2n) is 5.40. The lowest BCUT2D eigenvalue weighted by molar-refractivity contribution is 0.113. The van der Waals surface area contributed by atoms with E-state index in [1.54, 1.807) is 0 Å². The van der Waals surface area contributed by atoms with E-state index < -0.39 is 0 Å². The van der Waals surface area contributed by atoms with Crippen molar-refractivity contribution in [1.29, 1.82) is 0 Å². The molecule has 1 aromatic carbocycles. The van der Waals surface area contributed by atoms with Crippen LogP contribution in [0.3, 0.4) is 0 Å². The van der Waals surface area contributed by atoms with Gasteiger partial charge in [0.1, 0.15) is 5.75 Å². The molecule has 0 amide bonds. The molecule has 0 spiro atoms. The van der Waals surface area contributed by atoms with Crippen LogP contribution in [0.25, 0.3) is 0 Å². The van der Waals surface area contributed by atoms with Gasteiger partial charge in [0.15, 0.2) is 0 Å². The number of nitrogens with one attached hydrogen (secondary N) is 1. The quantitative estimate of drug-likeness (QED) is 0.759. The highest BCUT2D eigenvalue weighted by Crippen LogP contribution is 2.15. The molecule has 0 saturated heterocycles. The number of aliphatic hydroxyl groups is 1. The van der Waals surface area contributed by atoms with E-state index in [2.05, 4.69) is 25.2 Å². The van der Waals surface area contributed by atoms with Gasteiger partial charge >= 0.3 is 0 Å². The molecule has 3 heteroatoms. The van der Waals surface area contributed by atoms with E-state index in [0.29, 0.717) is 12.5 Å². The van der Waals surface area contributed by atoms with Gasteiger partial charge in [0.25, 0.3) is 0 Å². The van der Waals surface area contributed by atoms with E-state index >= 15 is 0 Å². The molecule has 0 aliphatic rings. The maximum absolute atomic E-state index is 9.88. The summed E-state index contributed by atoms with van der Waals surface area (Å²) < 4.78 is 5.66. The summed E-state index contributed by atoms with van der Waals surface area (Å²) in [7, 11) is 0. The Morgan fingerprint density at radius 1 is 1.26 bits per heavy atom. The van der Waals surface area contributed by atoms with Crippen LogP contribution in [-0.4, -0.2) is 23.9 Å². The average Bonchev–Trinajstić information content (AvgIpc) is 2.37. The predicted octanol–water partition coefficient (Wildman–Crippen LogP) is 2.97. The van der Waals surface area contributed by atoms with Gasteiger partial charge in [-0.05, 0) is 37.5 Å². The summed E-state index contributed by atoms with van der Waals surface area (Å²) in [5.74, 6) is 1.24. The lowest BCUT2D eigenvalue weighted by atomic mass is 10.0. The molecule has 2 N–H and O–H groups in total. The first kappa shape index (κ1) is 16.0. The Kier molecular flexibility index (Phi) is 6.89. The third kappa shape index (κ3) is 6.08. The van der Waals surface area contributed by atoms with Crippen LogP contribution in [0.2, 0.25) is 0 Å². The summed E-state index contributed by atoms with van der Waals surface area (Å²) in [6, 6.07) is 8.08. The Labute approximate surface area is 117 Å². The molecule has 1 aromatic rings. The molecule has 2 unspecified atom stereocenters. The summed E-state index contributed by atoms with van der Waals surface area (Å²) in [4.78, 5) is 0. The Hall–Kier alpha value is -1.06. The van der Waals surface area contributed by atoms with Crippen molar-refractivity contribution in [3.63, 3.8) is 0 Å². The third-order valence-corrected chi connectivity index (χ3v) is 3.25. The smallest absolute Gasteiger partial charge is 0.120 e. The number of benzene rings is 1. The van der Waals surface area contributed by atoms with Gasteiger partial charge in [-0.2, -0.15) is 0 Å². The van der Waals surface area contributed by atoms with Crippen LogP contribution in [0.4, 0.5) is 0 Å². The first-order chi connectivity index (χ1) is 9.02. The molecule has 0 heterocycles. The largest absolute Gasteiger partial charge is 0.491 e. The summed E-state index contributed by atoms with van der Waals surface area (Å²) in [5.41, 5.74) is 1.18. The third-order valence-electron chi connectivity index (χ3n) is 3.25. The summed E-state index contributed by atoms with van der Waals surface area (Å²) in [6.07, 6.45) is 0.913. The first-order valence-corrected chi connectivity index (χ1v) is 7.17. The molecule has 0 radical (unpaired) electrons. The molecule has 0 fully saturated rings. The normalized spacial score (nSPS) is 14.4.